The molecule has 2 N–H and O–H groups in total. The van der Waals surface area contributed by atoms with Gasteiger partial charge in [0.2, 0.25) is 0 Å². The highest BCUT2D eigenvalue weighted by Crippen LogP contribution is 2.32. The van der Waals surface area contributed by atoms with Crippen molar-refractivity contribution in [3.8, 4) is 0 Å². The Kier molecular flexibility index (Phi) is 4.45. The fraction of sp³-hybridized carbons (Fsp3) is 0.545. The Morgan fingerprint density at radius 1 is 1.44 bits per heavy atom. The van der Waals surface area contributed by atoms with Crippen LogP contribution in [-0.2, 0) is 6.18 Å². The molecule has 18 heavy (non-hydrogen) atoms. The quantitative estimate of drug-likeness (QED) is 0.890. The summed E-state index contributed by atoms with van der Waals surface area (Å²) in [5.74, 6) is 0.124. The molecular weight excluding hydrogens is 269 g/mol. The molecule has 102 valence electrons. The Hall–Kier alpha value is -1.01. The minimum absolute atomic E-state index is 0.124. The number of aromatic nitrogens is 1. The van der Waals surface area contributed by atoms with E-state index in [0.717, 1.165) is 6.07 Å². The summed E-state index contributed by atoms with van der Waals surface area (Å²) in [6, 6.07) is 0.803. The van der Waals surface area contributed by atoms with Crippen molar-refractivity contribution in [3.63, 3.8) is 0 Å². The van der Waals surface area contributed by atoms with E-state index in [1.165, 1.54) is 0 Å². The van der Waals surface area contributed by atoms with Crippen LogP contribution in [0.5, 0.6) is 0 Å². The molecule has 0 fully saturated rings. The van der Waals surface area contributed by atoms with Crippen LogP contribution >= 0.6 is 11.6 Å². The standard InChI is InChI=1S/C11H14ClF3N2O/c1-3-10(2,18)6-17-9-8(12)4-7(5-16-9)11(13,14)15/h4-5,18H,3,6H2,1-2H3,(H,16,17). The highest BCUT2D eigenvalue weighted by molar-refractivity contribution is 6.32. The van der Waals surface area contributed by atoms with Gasteiger partial charge in [0.15, 0.2) is 0 Å². The summed E-state index contributed by atoms with van der Waals surface area (Å²) in [7, 11) is 0. The number of halogens is 4. The number of nitrogens with one attached hydrogen (secondary N) is 1. The fourth-order valence-corrected chi connectivity index (χ4v) is 1.36. The minimum Gasteiger partial charge on any atom is -0.388 e. The van der Waals surface area contributed by atoms with Gasteiger partial charge in [-0.1, -0.05) is 18.5 Å². The summed E-state index contributed by atoms with van der Waals surface area (Å²) in [6.07, 6.45) is -3.27. The van der Waals surface area contributed by atoms with E-state index in [1.807, 2.05) is 0 Å². The van der Waals surface area contributed by atoms with E-state index in [0.29, 0.717) is 12.6 Å². The van der Waals surface area contributed by atoms with Crippen LogP contribution in [0, 0.1) is 0 Å². The SMILES string of the molecule is CCC(C)(O)CNc1ncc(C(F)(F)F)cc1Cl. The van der Waals surface area contributed by atoms with Gasteiger partial charge in [0, 0.05) is 12.7 Å². The lowest BCUT2D eigenvalue weighted by Crippen LogP contribution is -2.32. The average Bonchev–Trinajstić information content (AvgIpc) is 2.26. The number of nitrogens with zero attached hydrogens (tertiary/aromatic N) is 1. The van der Waals surface area contributed by atoms with Crippen LogP contribution < -0.4 is 5.32 Å². The average molecular weight is 283 g/mol. The lowest BCUT2D eigenvalue weighted by molar-refractivity contribution is -0.137. The maximum absolute atomic E-state index is 12.4. The second-order valence-corrected chi connectivity index (χ2v) is 4.66. The van der Waals surface area contributed by atoms with Crippen molar-refractivity contribution in [3.05, 3.63) is 22.8 Å². The number of hydrogen-bond acceptors (Lipinski definition) is 3. The smallest absolute Gasteiger partial charge is 0.388 e. The third kappa shape index (κ3) is 4.03. The van der Waals surface area contributed by atoms with Gasteiger partial charge in [-0.2, -0.15) is 13.2 Å². The molecule has 0 aromatic carbocycles. The van der Waals surface area contributed by atoms with Gasteiger partial charge in [0.25, 0.3) is 0 Å². The van der Waals surface area contributed by atoms with E-state index in [2.05, 4.69) is 10.3 Å². The molecule has 0 aliphatic heterocycles. The largest absolute Gasteiger partial charge is 0.417 e. The molecule has 1 heterocycles. The lowest BCUT2D eigenvalue weighted by atomic mass is 10.0. The maximum Gasteiger partial charge on any atom is 0.417 e. The molecule has 7 heteroatoms. The van der Waals surface area contributed by atoms with Crippen molar-refractivity contribution in [2.24, 2.45) is 0 Å². The Balaban J connectivity index is 2.81. The molecule has 1 rings (SSSR count). The predicted octanol–water partition coefficient (Wildman–Crippen LogP) is 3.33. The van der Waals surface area contributed by atoms with Crippen LogP contribution in [0.3, 0.4) is 0 Å². The molecule has 1 aromatic heterocycles. The van der Waals surface area contributed by atoms with Gasteiger partial charge in [-0.25, -0.2) is 4.98 Å². The molecule has 0 aliphatic rings. The van der Waals surface area contributed by atoms with E-state index in [9.17, 15) is 18.3 Å². The van der Waals surface area contributed by atoms with E-state index < -0.39 is 17.3 Å². The van der Waals surface area contributed by atoms with Gasteiger partial charge >= 0.3 is 6.18 Å². The van der Waals surface area contributed by atoms with Crippen molar-refractivity contribution in [1.82, 2.24) is 4.98 Å². The van der Waals surface area contributed by atoms with Crippen LogP contribution in [0.15, 0.2) is 12.3 Å². The van der Waals surface area contributed by atoms with Gasteiger partial charge < -0.3 is 10.4 Å². The van der Waals surface area contributed by atoms with Gasteiger partial charge in [0.1, 0.15) is 5.82 Å². The van der Waals surface area contributed by atoms with Crippen LogP contribution in [0.4, 0.5) is 19.0 Å². The third-order valence-corrected chi connectivity index (χ3v) is 2.85. The van der Waals surface area contributed by atoms with Crippen molar-refractivity contribution in [2.45, 2.75) is 32.0 Å². The first kappa shape index (κ1) is 15.0. The number of pyridine rings is 1. The summed E-state index contributed by atoms with van der Waals surface area (Å²) >= 11 is 5.70. The zero-order valence-electron chi connectivity index (χ0n) is 9.98. The van der Waals surface area contributed by atoms with Gasteiger partial charge in [0.05, 0.1) is 16.2 Å². The van der Waals surface area contributed by atoms with Crippen molar-refractivity contribution in [2.75, 3.05) is 11.9 Å². The molecule has 1 aromatic rings. The van der Waals surface area contributed by atoms with Gasteiger partial charge in [-0.05, 0) is 19.4 Å². The topological polar surface area (TPSA) is 45.1 Å². The van der Waals surface area contributed by atoms with Gasteiger partial charge in [-0.15, -0.1) is 0 Å². The summed E-state index contributed by atoms with van der Waals surface area (Å²) in [5.41, 5.74) is -1.87. The normalized spacial score (nSPS) is 15.3. The molecule has 0 saturated carbocycles. The molecule has 0 bridgehead atoms. The Morgan fingerprint density at radius 2 is 2.06 bits per heavy atom. The molecule has 0 radical (unpaired) electrons. The molecule has 0 aliphatic carbocycles. The third-order valence-electron chi connectivity index (χ3n) is 2.57. The van der Waals surface area contributed by atoms with E-state index >= 15 is 0 Å². The van der Waals surface area contributed by atoms with E-state index in [4.69, 9.17) is 11.6 Å². The van der Waals surface area contributed by atoms with Crippen molar-refractivity contribution >= 4 is 17.4 Å². The second kappa shape index (κ2) is 5.32. The summed E-state index contributed by atoms with van der Waals surface area (Å²) in [6.45, 7) is 3.56. The van der Waals surface area contributed by atoms with E-state index in [-0.39, 0.29) is 17.4 Å². The Morgan fingerprint density at radius 3 is 2.50 bits per heavy atom. The summed E-state index contributed by atoms with van der Waals surface area (Å²) in [4.78, 5) is 3.61. The molecule has 1 atom stereocenters. The Bertz CT molecular complexity index is 421. The summed E-state index contributed by atoms with van der Waals surface area (Å²) in [5, 5.41) is 12.3. The monoisotopic (exact) mass is 282 g/mol. The van der Waals surface area contributed by atoms with Crippen LogP contribution in [0.1, 0.15) is 25.8 Å². The zero-order valence-corrected chi connectivity index (χ0v) is 10.7. The van der Waals surface area contributed by atoms with Crippen LogP contribution in [0.2, 0.25) is 5.02 Å². The Labute approximate surface area is 108 Å². The number of rotatable bonds is 4. The van der Waals surface area contributed by atoms with Crippen LogP contribution in [0.25, 0.3) is 0 Å². The summed E-state index contributed by atoms with van der Waals surface area (Å²) < 4.78 is 37.1. The highest BCUT2D eigenvalue weighted by Gasteiger charge is 2.31. The molecule has 1 unspecified atom stereocenters. The molecule has 0 saturated heterocycles. The number of anilines is 1. The molecule has 0 amide bonds. The first-order valence-electron chi connectivity index (χ1n) is 5.35. The number of hydrogen-bond donors (Lipinski definition) is 2. The molecular formula is C11H14ClF3N2O. The maximum atomic E-state index is 12.4. The van der Waals surface area contributed by atoms with E-state index in [1.54, 1.807) is 13.8 Å². The molecule has 3 nitrogen and oxygen atoms in total. The lowest BCUT2D eigenvalue weighted by Gasteiger charge is -2.22. The fourth-order valence-electron chi connectivity index (χ4n) is 1.12. The first-order valence-corrected chi connectivity index (χ1v) is 5.72. The van der Waals surface area contributed by atoms with Crippen molar-refractivity contribution in [1.29, 1.82) is 0 Å². The highest BCUT2D eigenvalue weighted by atomic mass is 35.5. The number of alkyl halides is 3. The first-order chi connectivity index (χ1) is 8.15. The molecule has 0 spiro atoms. The van der Waals surface area contributed by atoms with Crippen molar-refractivity contribution < 1.29 is 18.3 Å². The second-order valence-electron chi connectivity index (χ2n) is 4.26. The number of aliphatic hydroxyl groups is 1. The minimum atomic E-state index is -4.47. The van der Waals surface area contributed by atoms with Gasteiger partial charge in [-0.3, -0.25) is 0 Å². The predicted molar refractivity (Wildman–Crippen MR) is 63.7 cm³/mol. The zero-order chi connectivity index (χ0) is 14.0. The van der Waals surface area contributed by atoms with Crippen LogP contribution in [-0.4, -0.2) is 22.2 Å².